The first kappa shape index (κ1) is 6.53. The number of hydrogen-bond acceptors (Lipinski definition) is 3. The van der Waals surface area contributed by atoms with E-state index in [-0.39, 0.29) is 6.42 Å². The zero-order chi connectivity index (χ0) is 6.74. The van der Waals surface area contributed by atoms with Gasteiger partial charge in [-0.05, 0) is 0 Å². The van der Waals surface area contributed by atoms with Crippen molar-refractivity contribution in [3.63, 3.8) is 0 Å². The van der Waals surface area contributed by atoms with Gasteiger partial charge in [-0.25, -0.2) is 0 Å². The van der Waals surface area contributed by atoms with Crippen molar-refractivity contribution in [3.8, 4) is 6.07 Å². The third kappa shape index (κ3) is 1.41. The Morgan fingerprint density at radius 3 is 3.00 bits per heavy atom. The van der Waals surface area contributed by atoms with Gasteiger partial charge in [-0.3, -0.25) is 0 Å². The van der Waals surface area contributed by atoms with Crippen molar-refractivity contribution in [3.05, 3.63) is 0 Å². The van der Waals surface area contributed by atoms with E-state index in [1.54, 1.807) is 0 Å². The predicted octanol–water partition coefficient (Wildman–Crippen LogP) is 0.0515. The highest BCUT2D eigenvalue weighted by Crippen LogP contribution is 2.20. The van der Waals surface area contributed by atoms with E-state index in [0.29, 0.717) is 19.6 Å². The Morgan fingerprint density at radius 1 is 1.78 bits per heavy atom. The molecular weight excluding hydrogens is 118 g/mol. The molecule has 1 unspecified atom stereocenters. The van der Waals surface area contributed by atoms with Gasteiger partial charge in [0.15, 0.2) is 0 Å². The molecule has 9 heavy (non-hydrogen) atoms. The quantitative estimate of drug-likeness (QED) is 0.541. The molecule has 1 aliphatic rings. The molecule has 1 heterocycles. The second-order valence-corrected chi connectivity index (χ2v) is 2.36. The molecule has 3 heteroatoms. The maximum atomic E-state index is 9.34. The van der Waals surface area contributed by atoms with Gasteiger partial charge in [-0.1, -0.05) is 0 Å². The molecule has 1 aliphatic heterocycles. The molecule has 0 aromatic rings. The summed E-state index contributed by atoms with van der Waals surface area (Å²) in [5, 5.41) is 17.6. The second kappa shape index (κ2) is 2.34. The van der Waals surface area contributed by atoms with Gasteiger partial charge in [0.1, 0.15) is 5.60 Å². The molecule has 3 nitrogen and oxygen atoms in total. The molecule has 0 aromatic heterocycles. The van der Waals surface area contributed by atoms with Crippen molar-refractivity contribution in [1.29, 1.82) is 5.26 Å². The van der Waals surface area contributed by atoms with Crippen LogP contribution in [0.4, 0.5) is 0 Å². The Morgan fingerprint density at radius 2 is 2.56 bits per heavy atom. The number of hydrogen-bond donors (Lipinski definition) is 1. The van der Waals surface area contributed by atoms with Crippen LogP contribution in [0.5, 0.6) is 0 Å². The Bertz CT molecular complexity index is 132. The molecule has 0 bridgehead atoms. The number of ether oxygens (including phenoxy) is 1. The van der Waals surface area contributed by atoms with Crippen LogP contribution in [-0.4, -0.2) is 23.9 Å². The minimum absolute atomic E-state index is 0.188. The van der Waals surface area contributed by atoms with Crippen molar-refractivity contribution >= 4 is 0 Å². The topological polar surface area (TPSA) is 53.2 Å². The van der Waals surface area contributed by atoms with Gasteiger partial charge in [0.05, 0.1) is 19.1 Å². The fraction of sp³-hybridized carbons (Fsp3) is 0.833. The van der Waals surface area contributed by atoms with Gasteiger partial charge in [0.25, 0.3) is 0 Å². The summed E-state index contributed by atoms with van der Waals surface area (Å²) in [6.07, 6.45) is 0.785. The van der Waals surface area contributed by atoms with Crippen molar-refractivity contribution in [1.82, 2.24) is 0 Å². The lowest BCUT2D eigenvalue weighted by Gasteiger charge is -2.14. The van der Waals surface area contributed by atoms with Crippen molar-refractivity contribution in [2.45, 2.75) is 18.4 Å². The first-order valence-corrected chi connectivity index (χ1v) is 2.94. The van der Waals surface area contributed by atoms with E-state index >= 15 is 0 Å². The Balaban J connectivity index is 2.43. The van der Waals surface area contributed by atoms with E-state index in [2.05, 4.69) is 0 Å². The first-order valence-electron chi connectivity index (χ1n) is 2.94. The molecular formula is C6H9NO2. The third-order valence-corrected chi connectivity index (χ3v) is 1.49. The minimum Gasteiger partial charge on any atom is -0.386 e. The van der Waals surface area contributed by atoms with E-state index in [0.717, 1.165) is 0 Å². The lowest BCUT2D eigenvalue weighted by molar-refractivity contribution is 0.0308. The summed E-state index contributed by atoms with van der Waals surface area (Å²) >= 11 is 0. The Hall–Kier alpha value is -0.590. The third-order valence-electron chi connectivity index (χ3n) is 1.49. The molecule has 1 fully saturated rings. The molecule has 1 N–H and O–H groups in total. The molecule has 0 amide bonds. The van der Waals surface area contributed by atoms with Crippen LogP contribution < -0.4 is 0 Å². The molecule has 0 saturated carbocycles. The monoisotopic (exact) mass is 127 g/mol. The van der Waals surface area contributed by atoms with Crippen molar-refractivity contribution in [2.75, 3.05) is 13.2 Å². The van der Waals surface area contributed by atoms with Crippen LogP contribution >= 0.6 is 0 Å². The average Bonchev–Trinajstić information content (AvgIpc) is 2.16. The lowest BCUT2D eigenvalue weighted by Crippen LogP contribution is -2.27. The highest BCUT2D eigenvalue weighted by Gasteiger charge is 2.31. The van der Waals surface area contributed by atoms with E-state index in [1.807, 2.05) is 6.07 Å². The first-order chi connectivity index (χ1) is 4.27. The molecule has 0 radical (unpaired) electrons. The highest BCUT2D eigenvalue weighted by atomic mass is 16.5. The van der Waals surface area contributed by atoms with Crippen molar-refractivity contribution < 1.29 is 9.84 Å². The summed E-state index contributed by atoms with van der Waals surface area (Å²) in [7, 11) is 0. The van der Waals surface area contributed by atoms with Gasteiger partial charge in [-0.2, -0.15) is 5.26 Å². The average molecular weight is 127 g/mol. The fourth-order valence-electron chi connectivity index (χ4n) is 0.883. The zero-order valence-corrected chi connectivity index (χ0v) is 5.13. The van der Waals surface area contributed by atoms with Gasteiger partial charge < -0.3 is 9.84 Å². The summed E-state index contributed by atoms with van der Waals surface area (Å²) in [4.78, 5) is 0. The van der Waals surface area contributed by atoms with Crippen LogP contribution in [0.15, 0.2) is 0 Å². The van der Waals surface area contributed by atoms with E-state index in [4.69, 9.17) is 10.00 Å². The zero-order valence-electron chi connectivity index (χ0n) is 5.13. The molecule has 0 aliphatic carbocycles. The van der Waals surface area contributed by atoms with Gasteiger partial charge >= 0.3 is 0 Å². The lowest BCUT2D eigenvalue weighted by atomic mass is 10.0. The second-order valence-electron chi connectivity index (χ2n) is 2.36. The molecule has 1 rings (SSSR count). The summed E-state index contributed by atoms with van der Waals surface area (Å²) in [5.41, 5.74) is -0.839. The number of nitriles is 1. The molecule has 0 aromatic carbocycles. The molecule has 50 valence electrons. The van der Waals surface area contributed by atoms with Crippen LogP contribution in [0.1, 0.15) is 12.8 Å². The number of aliphatic hydroxyl groups is 1. The van der Waals surface area contributed by atoms with Crippen LogP contribution in [-0.2, 0) is 4.74 Å². The standard InChI is InChI=1S/C6H9NO2/c7-3-1-6(8)2-4-9-5-6/h8H,1-2,4-5H2. The van der Waals surface area contributed by atoms with Crippen LogP contribution in [0.2, 0.25) is 0 Å². The minimum atomic E-state index is -0.839. The normalized spacial score (nSPS) is 34.2. The summed E-state index contributed by atoms with van der Waals surface area (Å²) in [6, 6.07) is 1.92. The summed E-state index contributed by atoms with van der Waals surface area (Å²) in [6.45, 7) is 0.902. The Kier molecular flexibility index (Phi) is 1.70. The summed E-state index contributed by atoms with van der Waals surface area (Å²) < 4.78 is 4.91. The molecule has 0 spiro atoms. The highest BCUT2D eigenvalue weighted by molar-refractivity contribution is 4.91. The van der Waals surface area contributed by atoms with E-state index < -0.39 is 5.60 Å². The smallest absolute Gasteiger partial charge is 0.103 e. The molecule has 1 atom stereocenters. The van der Waals surface area contributed by atoms with Crippen LogP contribution in [0, 0.1) is 11.3 Å². The van der Waals surface area contributed by atoms with E-state index in [1.165, 1.54) is 0 Å². The van der Waals surface area contributed by atoms with Gasteiger partial charge in [0.2, 0.25) is 0 Å². The maximum absolute atomic E-state index is 9.34. The SMILES string of the molecule is N#CCC1(O)CCOC1. The largest absolute Gasteiger partial charge is 0.386 e. The summed E-state index contributed by atoms with van der Waals surface area (Å²) in [5.74, 6) is 0. The van der Waals surface area contributed by atoms with Gasteiger partial charge in [-0.15, -0.1) is 0 Å². The number of rotatable bonds is 1. The van der Waals surface area contributed by atoms with Crippen LogP contribution in [0.25, 0.3) is 0 Å². The van der Waals surface area contributed by atoms with Gasteiger partial charge in [0, 0.05) is 13.0 Å². The van der Waals surface area contributed by atoms with E-state index in [9.17, 15) is 5.11 Å². The molecule has 1 saturated heterocycles. The Labute approximate surface area is 53.9 Å². The maximum Gasteiger partial charge on any atom is 0.103 e. The van der Waals surface area contributed by atoms with Crippen LogP contribution in [0.3, 0.4) is 0 Å². The predicted molar refractivity (Wildman–Crippen MR) is 30.6 cm³/mol. The fourth-order valence-corrected chi connectivity index (χ4v) is 0.883. The van der Waals surface area contributed by atoms with Crippen molar-refractivity contribution in [2.24, 2.45) is 0 Å². The number of nitrogens with zero attached hydrogens (tertiary/aromatic N) is 1.